The number of carboxylic acids is 1. The fraction of sp³-hybridized carbons (Fsp3) is 0. The molecule has 8 heteroatoms. The Balaban J connectivity index is 2.15. The smallest absolute Gasteiger partial charge is 0.335 e. The van der Waals surface area contributed by atoms with Crippen molar-refractivity contribution in [2.45, 2.75) is 0 Å². The van der Waals surface area contributed by atoms with E-state index >= 15 is 0 Å². The minimum absolute atomic E-state index is 0.0177. The van der Waals surface area contributed by atoms with Gasteiger partial charge in [-0.15, -0.1) is 0 Å². The Kier molecular flexibility index (Phi) is 6.01. The summed E-state index contributed by atoms with van der Waals surface area (Å²) in [4.78, 5) is 23.1. The summed E-state index contributed by atoms with van der Waals surface area (Å²) >= 11 is 11.9. The molecule has 3 N–H and O–H groups in total. The molecule has 0 fully saturated rings. The molecule has 0 aliphatic rings. The van der Waals surface area contributed by atoms with Crippen molar-refractivity contribution in [1.29, 1.82) is 5.26 Å². The summed E-state index contributed by atoms with van der Waals surface area (Å²) in [6.45, 7) is 0. The molecule has 0 atom stereocenters. The Bertz CT molecular complexity index is 904. The Morgan fingerprint density at radius 2 is 1.92 bits per heavy atom. The molecule has 0 aliphatic carbocycles. The molecule has 0 bridgehead atoms. The van der Waals surface area contributed by atoms with Gasteiger partial charge < -0.3 is 15.7 Å². The standard InChI is InChI=1S/C17H11Cl2N3O3/c18-12-4-5-14(19)15(7-12)21-9-11(8-20)16(23)22-13-3-1-2-10(6-13)17(24)25/h1-7,9,21H,(H,22,23)(H,24,25)/b11-9-. The van der Waals surface area contributed by atoms with Crippen molar-refractivity contribution in [3.05, 3.63) is 69.8 Å². The summed E-state index contributed by atoms with van der Waals surface area (Å²) in [5.41, 5.74) is 0.482. The maximum atomic E-state index is 12.1. The summed E-state index contributed by atoms with van der Waals surface area (Å²) < 4.78 is 0. The van der Waals surface area contributed by atoms with Gasteiger partial charge in [-0.2, -0.15) is 5.26 Å². The molecule has 25 heavy (non-hydrogen) atoms. The van der Waals surface area contributed by atoms with Gasteiger partial charge in [-0.05, 0) is 36.4 Å². The fourth-order valence-corrected chi connectivity index (χ4v) is 2.18. The highest BCUT2D eigenvalue weighted by molar-refractivity contribution is 6.35. The summed E-state index contributed by atoms with van der Waals surface area (Å²) in [6.07, 6.45) is 1.19. The van der Waals surface area contributed by atoms with Crippen LogP contribution in [0, 0.1) is 11.3 Å². The number of rotatable bonds is 5. The molecule has 2 aromatic carbocycles. The van der Waals surface area contributed by atoms with Crippen LogP contribution >= 0.6 is 23.2 Å². The van der Waals surface area contributed by atoms with E-state index in [0.29, 0.717) is 15.7 Å². The number of amides is 1. The number of hydrogen-bond donors (Lipinski definition) is 3. The first kappa shape index (κ1) is 18.3. The number of anilines is 2. The Morgan fingerprint density at radius 1 is 1.16 bits per heavy atom. The van der Waals surface area contributed by atoms with Crippen molar-refractivity contribution in [2.75, 3.05) is 10.6 Å². The average Bonchev–Trinajstić information content (AvgIpc) is 2.58. The molecule has 0 unspecified atom stereocenters. The predicted molar refractivity (Wildman–Crippen MR) is 95.8 cm³/mol. The molecular weight excluding hydrogens is 365 g/mol. The third-order valence-corrected chi connectivity index (χ3v) is 3.60. The van der Waals surface area contributed by atoms with Crippen molar-refractivity contribution in [2.24, 2.45) is 0 Å². The molecule has 0 saturated heterocycles. The lowest BCUT2D eigenvalue weighted by Gasteiger charge is -2.07. The molecule has 0 radical (unpaired) electrons. The first-order chi connectivity index (χ1) is 11.9. The number of nitrogens with zero attached hydrogens (tertiary/aromatic N) is 1. The number of carbonyl (C=O) groups excluding carboxylic acids is 1. The number of nitriles is 1. The average molecular weight is 376 g/mol. The van der Waals surface area contributed by atoms with Crippen molar-refractivity contribution >= 4 is 46.5 Å². The lowest BCUT2D eigenvalue weighted by atomic mass is 10.2. The largest absolute Gasteiger partial charge is 0.478 e. The molecule has 0 spiro atoms. The second kappa shape index (κ2) is 8.20. The minimum atomic E-state index is -1.12. The Labute approximate surface area is 153 Å². The third-order valence-electron chi connectivity index (χ3n) is 3.03. The molecular formula is C17H11Cl2N3O3. The van der Waals surface area contributed by atoms with Crippen LogP contribution in [0.25, 0.3) is 0 Å². The van der Waals surface area contributed by atoms with E-state index < -0.39 is 11.9 Å². The van der Waals surface area contributed by atoms with Gasteiger partial charge in [-0.25, -0.2) is 4.79 Å². The zero-order valence-corrected chi connectivity index (χ0v) is 14.1. The van der Waals surface area contributed by atoms with Gasteiger partial charge in [0.1, 0.15) is 11.6 Å². The highest BCUT2D eigenvalue weighted by Gasteiger charge is 2.11. The van der Waals surface area contributed by atoms with Gasteiger partial charge in [0.25, 0.3) is 5.91 Å². The van der Waals surface area contributed by atoms with Gasteiger partial charge >= 0.3 is 5.97 Å². The first-order valence-corrected chi connectivity index (χ1v) is 7.63. The lowest BCUT2D eigenvalue weighted by molar-refractivity contribution is -0.112. The van der Waals surface area contributed by atoms with E-state index in [1.165, 1.54) is 30.5 Å². The summed E-state index contributed by atoms with van der Waals surface area (Å²) in [5, 5.41) is 24.1. The van der Waals surface area contributed by atoms with Crippen LogP contribution in [0.4, 0.5) is 11.4 Å². The SMILES string of the molecule is N#C/C(=C/Nc1cc(Cl)ccc1Cl)C(=O)Nc1cccc(C(=O)O)c1. The van der Waals surface area contributed by atoms with Crippen LogP contribution in [0.15, 0.2) is 54.2 Å². The number of halogens is 2. The van der Waals surface area contributed by atoms with Crippen molar-refractivity contribution < 1.29 is 14.7 Å². The highest BCUT2D eigenvalue weighted by atomic mass is 35.5. The molecule has 2 rings (SSSR count). The van der Waals surface area contributed by atoms with Gasteiger partial charge in [0, 0.05) is 16.9 Å². The van der Waals surface area contributed by atoms with Gasteiger partial charge in [0.05, 0.1) is 16.3 Å². The van der Waals surface area contributed by atoms with E-state index in [-0.39, 0.29) is 16.8 Å². The van der Waals surface area contributed by atoms with E-state index in [1.54, 1.807) is 24.3 Å². The molecule has 1 amide bonds. The predicted octanol–water partition coefficient (Wildman–Crippen LogP) is 4.15. The van der Waals surface area contributed by atoms with Gasteiger partial charge in [-0.1, -0.05) is 29.3 Å². The van der Waals surface area contributed by atoms with Crippen LogP contribution in [0.1, 0.15) is 10.4 Å². The molecule has 0 aliphatic heterocycles. The molecule has 2 aromatic rings. The summed E-state index contributed by atoms with van der Waals surface area (Å²) in [6, 6.07) is 12.2. The van der Waals surface area contributed by atoms with Crippen LogP contribution in [-0.4, -0.2) is 17.0 Å². The number of hydrogen-bond acceptors (Lipinski definition) is 4. The van der Waals surface area contributed by atoms with Crippen LogP contribution < -0.4 is 10.6 Å². The summed E-state index contributed by atoms with van der Waals surface area (Å²) in [7, 11) is 0. The van der Waals surface area contributed by atoms with E-state index in [0.717, 1.165) is 0 Å². The third kappa shape index (κ3) is 4.98. The molecule has 6 nitrogen and oxygen atoms in total. The normalized spacial score (nSPS) is 10.7. The second-order valence-corrected chi connectivity index (χ2v) is 5.62. The number of carbonyl (C=O) groups is 2. The van der Waals surface area contributed by atoms with Gasteiger partial charge in [0.2, 0.25) is 0 Å². The second-order valence-electron chi connectivity index (χ2n) is 4.78. The number of carboxylic acid groups (broad SMARTS) is 1. The quantitative estimate of drug-likeness (QED) is 0.538. The maximum Gasteiger partial charge on any atom is 0.335 e. The number of benzene rings is 2. The molecule has 0 saturated carbocycles. The van der Waals surface area contributed by atoms with Crippen LogP contribution in [0.2, 0.25) is 10.0 Å². The van der Waals surface area contributed by atoms with Gasteiger partial charge in [-0.3, -0.25) is 4.79 Å². The lowest BCUT2D eigenvalue weighted by Crippen LogP contribution is -2.15. The maximum absolute atomic E-state index is 12.1. The topological polar surface area (TPSA) is 102 Å². The zero-order chi connectivity index (χ0) is 18.4. The van der Waals surface area contributed by atoms with Crippen LogP contribution in [0.5, 0.6) is 0 Å². The van der Waals surface area contributed by atoms with Crippen molar-refractivity contribution in [3.63, 3.8) is 0 Å². The van der Waals surface area contributed by atoms with E-state index in [9.17, 15) is 9.59 Å². The minimum Gasteiger partial charge on any atom is -0.478 e. The molecule has 126 valence electrons. The highest BCUT2D eigenvalue weighted by Crippen LogP contribution is 2.25. The van der Waals surface area contributed by atoms with E-state index in [2.05, 4.69) is 10.6 Å². The van der Waals surface area contributed by atoms with Crippen molar-refractivity contribution in [1.82, 2.24) is 0 Å². The number of nitrogens with one attached hydrogen (secondary N) is 2. The van der Waals surface area contributed by atoms with Crippen LogP contribution in [-0.2, 0) is 4.79 Å². The van der Waals surface area contributed by atoms with Crippen LogP contribution in [0.3, 0.4) is 0 Å². The summed E-state index contributed by atoms with van der Waals surface area (Å²) in [5.74, 6) is -1.82. The van der Waals surface area contributed by atoms with E-state index in [1.807, 2.05) is 0 Å². The van der Waals surface area contributed by atoms with Gasteiger partial charge in [0.15, 0.2) is 0 Å². The monoisotopic (exact) mass is 375 g/mol. The Morgan fingerprint density at radius 3 is 2.60 bits per heavy atom. The fourth-order valence-electron chi connectivity index (χ4n) is 1.84. The molecule has 0 aromatic heterocycles. The Hall–Kier alpha value is -3.01. The zero-order valence-electron chi connectivity index (χ0n) is 12.6. The van der Waals surface area contributed by atoms with Crippen molar-refractivity contribution in [3.8, 4) is 6.07 Å². The number of aromatic carboxylic acids is 1. The van der Waals surface area contributed by atoms with E-state index in [4.69, 9.17) is 33.6 Å². The molecule has 0 heterocycles. The first-order valence-electron chi connectivity index (χ1n) is 6.87.